The van der Waals surface area contributed by atoms with Crippen LogP contribution in [0, 0.1) is 23.7 Å². The lowest BCUT2D eigenvalue weighted by Crippen LogP contribution is -2.36. The first kappa shape index (κ1) is 27.2. The molecule has 39 heavy (non-hydrogen) atoms. The average molecular weight is 541 g/mol. The molecule has 0 unspecified atom stereocenters. The molecule has 0 atom stereocenters. The third kappa shape index (κ3) is 6.38. The van der Waals surface area contributed by atoms with Crippen LogP contribution in [-0.2, 0) is 22.6 Å². The molecule has 2 aromatic carbocycles. The van der Waals surface area contributed by atoms with Gasteiger partial charge in [0.25, 0.3) is 11.5 Å². The van der Waals surface area contributed by atoms with E-state index in [1.807, 2.05) is 24.3 Å². The second-order valence-corrected chi connectivity index (χ2v) is 9.80. The summed E-state index contributed by atoms with van der Waals surface area (Å²) in [6.45, 7) is 3.11. The number of amides is 2. The number of aromatic nitrogens is 1. The summed E-state index contributed by atoms with van der Waals surface area (Å²) in [5.41, 5.74) is 3.13. The lowest BCUT2D eigenvalue weighted by molar-refractivity contribution is -0.116. The van der Waals surface area contributed by atoms with Crippen molar-refractivity contribution in [1.82, 2.24) is 9.88 Å². The first-order valence-electron chi connectivity index (χ1n) is 12.5. The van der Waals surface area contributed by atoms with Crippen LogP contribution in [0.5, 0.6) is 0 Å². The van der Waals surface area contributed by atoms with Gasteiger partial charge in [0.15, 0.2) is 5.57 Å². The fraction of sp³-hybridized carbons (Fsp3) is 0.241. The quantitative estimate of drug-likeness (QED) is 0.374. The van der Waals surface area contributed by atoms with Gasteiger partial charge in [-0.15, -0.1) is 17.8 Å². The normalized spacial score (nSPS) is 13.5. The Morgan fingerprint density at radius 1 is 1.18 bits per heavy atom. The van der Waals surface area contributed by atoms with E-state index in [0.29, 0.717) is 15.9 Å². The highest BCUT2D eigenvalue weighted by Gasteiger charge is 2.19. The minimum atomic E-state index is -0.630. The van der Waals surface area contributed by atoms with Crippen LogP contribution < -0.4 is 35.6 Å². The molecule has 0 radical (unpaired) electrons. The Morgan fingerprint density at radius 3 is 2.74 bits per heavy atom. The second kappa shape index (κ2) is 12.6. The molecule has 1 aliphatic rings. The summed E-state index contributed by atoms with van der Waals surface area (Å²) < 4.78 is 1.96. The van der Waals surface area contributed by atoms with Gasteiger partial charge in [0.1, 0.15) is 15.3 Å². The number of terminal acetylenes is 1. The Morgan fingerprint density at radius 2 is 1.97 bits per heavy atom. The number of carbonyl (C=O) groups excluding carboxylic acids is 2. The van der Waals surface area contributed by atoms with Gasteiger partial charge in [-0.1, -0.05) is 30.2 Å². The molecule has 0 spiro atoms. The highest BCUT2D eigenvalue weighted by Crippen LogP contribution is 2.26. The van der Waals surface area contributed by atoms with Crippen LogP contribution in [0.15, 0.2) is 53.3 Å². The predicted octanol–water partition coefficient (Wildman–Crippen LogP) is 1.59. The van der Waals surface area contributed by atoms with Gasteiger partial charge < -0.3 is 20.9 Å². The molecular formula is C29H28N6O3S. The topological polar surface area (TPSA) is 119 Å². The fourth-order valence-electron chi connectivity index (χ4n) is 4.39. The van der Waals surface area contributed by atoms with Crippen molar-refractivity contribution in [1.29, 1.82) is 5.26 Å². The van der Waals surface area contributed by atoms with Crippen molar-refractivity contribution in [2.75, 3.05) is 35.2 Å². The van der Waals surface area contributed by atoms with E-state index in [9.17, 15) is 19.6 Å². The summed E-state index contributed by atoms with van der Waals surface area (Å²) in [4.78, 5) is 40.2. The molecule has 0 aliphatic carbocycles. The summed E-state index contributed by atoms with van der Waals surface area (Å²) in [6, 6.07) is 17.2. The first-order valence-corrected chi connectivity index (χ1v) is 13.3. The van der Waals surface area contributed by atoms with Crippen molar-refractivity contribution in [2.24, 2.45) is 0 Å². The number of benzene rings is 2. The van der Waals surface area contributed by atoms with Gasteiger partial charge in [-0.05, 0) is 49.6 Å². The van der Waals surface area contributed by atoms with Crippen LogP contribution in [0.4, 0.5) is 17.1 Å². The number of carbonyl (C=O) groups is 2. The first-order chi connectivity index (χ1) is 18.9. The fourth-order valence-corrected chi connectivity index (χ4v) is 5.48. The molecule has 3 N–H and O–H groups in total. The summed E-state index contributed by atoms with van der Waals surface area (Å²) in [6.07, 6.45) is 8.74. The van der Waals surface area contributed by atoms with Crippen LogP contribution in [0.3, 0.4) is 0 Å². The van der Waals surface area contributed by atoms with E-state index in [0.717, 1.165) is 36.4 Å². The Bertz CT molecular complexity index is 1660. The second-order valence-electron chi connectivity index (χ2n) is 8.77. The number of anilines is 3. The van der Waals surface area contributed by atoms with Gasteiger partial charge >= 0.3 is 0 Å². The molecule has 1 aliphatic heterocycles. The van der Waals surface area contributed by atoms with Crippen LogP contribution in [-0.4, -0.2) is 36.0 Å². The summed E-state index contributed by atoms with van der Waals surface area (Å²) in [5.74, 6) is 1.54. The number of hydrogen-bond donors (Lipinski definition) is 3. The number of nitrogens with zero attached hydrogens (tertiary/aromatic N) is 3. The van der Waals surface area contributed by atoms with E-state index >= 15 is 0 Å². The highest BCUT2D eigenvalue weighted by molar-refractivity contribution is 7.07. The van der Waals surface area contributed by atoms with Crippen LogP contribution in [0.25, 0.3) is 11.8 Å². The molecule has 0 fully saturated rings. The molecule has 10 heteroatoms. The molecule has 0 saturated carbocycles. The van der Waals surface area contributed by atoms with Crippen molar-refractivity contribution in [3.05, 3.63) is 73.6 Å². The van der Waals surface area contributed by atoms with Gasteiger partial charge in [-0.25, -0.2) is 0 Å². The van der Waals surface area contributed by atoms with E-state index in [-0.39, 0.29) is 41.3 Å². The SMILES string of the molecule is C#CCNC(=O)C(C#N)=c1sc(=CNc2cccc(NC(=O)CN3CCCc4ccccc43)c2)c(=O)n1CC. The molecule has 0 saturated heterocycles. The van der Waals surface area contributed by atoms with Crippen molar-refractivity contribution in [3.63, 3.8) is 0 Å². The smallest absolute Gasteiger partial charge is 0.270 e. The predicted molar refractivity (Wildman–Crippen MR) is 155 cm³/mol. The van der Waals surface area contributed by atoms with E-state index in [2.05, 4.69) is 32.8 Å². The molecule has 4 rings (SSSR count). The van der Waals surface area contributed by atoms with Crippen LogP contribution in [0.1, 0.15) is 18.9 Å². The van der Waals surface area contributed by atoms with Gasteiger partial charge in [-0.3, -0.25) is 19.0 Å². The lowest BCUT2D eigenvalue weighted by atomic mass is 10.0. The van der Waals surface area contributed by atoms with Crippen LogP contribution in [0.2, 0.25) is 0 Å². The van der Waals surface area contributed by atoms with E-state index in [1.165, 1.54) is 16.3 Å². The zero-order valence-corrected chi connectivity index (χ0v) is 22.3. The molecule has 198 valence electrons. The molecule has 9 nitrogen and oxygen atoms in total. The monoisotopic (exact) mass is 540 g/mol. The highest BCUT2D eigenvalue weighted by atomic mass is 32.1. The maximum atomic E-state index is 12.9. The van der Waals surface area contributed by atoms with E-state index < -0.39 is 5.91 Å². The number of nitriles is 1. The minimum absolute atomic E-state index is 0.0233. The third-order valence-electron chi connectivity index (χ3n) is 6.18. The molecule has 2 heterocycles. The zero-order chi connectivity index (χ0) is 27.8. The molecule has 0 bridgehead atoms. The lowest BCUT2D eigenvalue weighted by Gasteiger charge is -2.30. The number of para-hydroxylation sites is 1. The van der Waals surface area contributed by atoms with Gasteiger partial charge in [0, 0.05) is 36.4 Å². The number of nitrogens with one attached hydrogen (secondary N) is 3. The number of aryl methyl sites for hydroxylation is 1. The van der Waals surface area contributed by atoms with Crippen molar-refractivity contribution in [3.8, 4) is 18.4 Å². The number of rotatable bonds is 8. The largest absolute Gasteiger partial charge is 0.362 e. The maximum absolute atomic E-state index is 12.9. The minimum Gasteiger partial charge on any atom is -0.362 e. The number of fused-ring (bicyclic) bond motifs is 1. The zero-order valence-electron chi connectivity index (χ0n) is 21.5. The van der Waals surface area contributed by atoms with Gasteiger partial charge in [0.05, 0.1) is 13.1 Å². The summed E-state index contributed by atoms with van der Waals surface area (Å²) in [5, 5.41) is 18.1. The van der Waals surface area contributed by atoms with Gasteiger partial charge in [0.2, 0.25) is 5.91 Å². The molecule has 3 aromatic rings. The standard InChI is InChI=1S/C29H28N6O3S/c1-3-14-31-27(37)23(17-30)29-35(4-2)28(38)25(39-29)18-32-21-11-7-12-22(16-21)33-26(36)19-34-15-8-10-20-9-5-6-13-24(20)34/h1,5-7,9,11-13,16,18,32H,4,8,10,14-15,19H2,2H3,(H,31,37)(H,33,36). The third-order valence-corrected chi connectivity index (χ3v) is 7.32. The van der Waals surface area contributed by atoms with Crippen molar-refractivity contribution < 1.29 is 9.59 Å². The number of hydrogen-bond acceptors (Lipinski definition) is 7. The van der Waals surface area contributed by atoms with E-state index in [1.54, 1.807) is 31.2 Å². The Balaban J connectivity index is 1.51. The molecule has 2 amide bonds. The maximum Gasteiger partial charge on any atom is 0.270 e. The Labute approximate surface area is 230 Å². The average Bonchev–Trinajstić information content (AvgIpc) is 3.26. The van der Waals surface area contributed by atoms with Crippen molar-refractivity contribution >= 4 is 52.0 Å². The van der Waals surface area contributed by atoms with Gasteiger partial charge in [-0.2, -0.15) is 5.26 Å². The summed E-state index contributed by atoms with van der Waals surface area (Å²) >= 11 is 1.04. The Kier molecular flexibility index (Phi) is 8.82. The van der Waals surface area contributed by atoms with Crippen LogP contribution >= 0.6 is 11.3 Å². The Hall–Kier alpha value is -4.80. The number of thiazole rings is 1. The summed E-state index contributed by atoms with van der Waals surface area (Å²) in [7, 11) is 0. The van der Waals surface area contributed by atoms with Crippen molar-refractivity contribution in [2.45, 2.75) is 26.3 Å². The molecular weight excluding hydrogens is 512 g/mol. The molecule has 1 aromatic heterocycles. The van der Waals surface area contributed by atoms with E-state index in [4.69, 9.17) is 6.42 Å².